The molecule has 2 nitrogen and oxygen atoms in total. The first-order valence-electron chi connectivity index (χ1n) is 13.4. The maximum Gasteiger partial charge on any atom is 0.136 e. The molecular weight excluding hydrogens is 502 g/mol. The maximum atomic E-state index is 6.59. The minimum Gasteiger partial charge on any atom is -0.488 e. The summed E-state index contributed by atoms with van der Waals surface area (Å²) in [4.78, 5) is 0. The normalized spacial score (nSPS) is 18.5. The van der Waals surface area contributed by atoms with Gasteiger partial charge in [-0.3, -0.25) is 0 Å². The van der Waals surface area contributed by atoms with Crippen molar-refractivity contribution in [3.63, 3.8) is 0 Å². The predicted octanol–water partition coefficient (Wildman–Crippen LogP) is 9.20. The van der Waals surface area contributed by atoms with Gasteiger partial charge in [0, 0.05) is 21.7 Å². The van der Waals surface area contributed by atoms with E-state index in [4.69, 9.17) is 9.47 Å². The third-order valence-electron chi connectivity index (χ3n) is 7.56. The van der Waals surface area contributed by atoms with Gasteiger partial charge in [-0.2, -0.15) is 0 Å². The molecule has 0 unspecified atom stereocenters. The fourth-order valence-electron chi connectivity index (χ4n) is 5.54. The Morgan fingerprint density at radius 2 is 0.816 bits per heavy atom. The van der Waals surface area contributed by atoms with Gasteiger partial charge in [0.2, 0.25) is 0 Å². The first kappa shape index (κ1) is 25.6. The van der Waals surface area contributed by atoms with Crippen LogP contribution in [0.5, 0.6) is 11.5 Å². The molecule has 38 heavy (non-hydrogen) atoms. The van der Waals surface area contributed by atoms with E-state index in [1.54, 1.807) is 0 Å². The summed E-state index contributed by atoms with van der Waals surface area (Å²) in [6.45, 7) is 14.2. The summed E-state index contributed by atoms with van der Waals surface area (Å²) < 4.78 is 13.2. The van der Waals surface area contributed by atoms with E-state index in [2.05, 4.69) is 126 Å². The summed E-state index contributed by atoms with van der Waals surface area (Å²) >= 11 is 0. The SMILES string of the molecule is CC(C)(C)[P@]1COc2c(-c3ccccc3)ccc(-c3ccc(-c4ccccc4)c4c3[P@@](C(C)(C)C)CO4)c21. The van der Waals surface area contributed by atoms with Gasteiger partial charge in [0.25, 0.3) is 0 Å². The molecule has 2 aliphatic rings. The Bertz CT molecular complexity index is 1370. The van der Waals surface area contributed by atoms with Crippen molar-refractivity contribution in [2.75, 3.05) is 12.7 Å². The summed E-state index contributed by atoms with van der Waals surface area (Å²) in [6.07, 6.45) is 1.56. The molecule has 4 aromatic carbocycles. The second-order valence-electron chi connectivity index (χ2n) is 12.2. The monoisotopic (exact) mass is 538 g/mol. The average molecular weight is 539 g/mol. The van der Waals surface area contributed by atoms with Crippen LogP contribution in [-0.2, 0) is 0 Å². The van der Waals surface area contributed by atoms with E-state index in [-0.39, 0.29) is 10.3 Å². The molecule has 0 aromatic heterocycles. The van der Waals surface area contributed by atoms with E-state index in [1.165, 1.54) is 44.0 Å². The lowest BCUT2D eigenvalue weighted by molar-refractivity contribution is 0.401. The van der Waals surface area contributed by atoms with Crippen molar-refractivity contribution < 1.29 is 9.47 Å². The first-order valence-corrected chi connectivity index (χ1v) is 16.5. The molecule has 4 aromatic rings. The minimum absolute atomic E-state index is 0.142. The zero-order valence-corrected chi connectivity index (χ0v) is 25.0. The van der Waals surface area contributed by atoms with Crippen LogP contribution in [0.2, 0.25) is 0 Å². The Morgan fingerprint density at radius 1 is 0.474 bits per heavy atom. The molecule has 6 rings (SSSR count). The third-order valence-corrected chi connectivity index (χ3v) is 13.5. The maximum absolute atomic E-state index is 6.59. The molecule has 4 heteroatoms. The number of fused-ring (bicyclic) bond motifs is 2. The van der Waals surface area contributed by atoms with E-state index >= 15 is 0 Å². The average Bonchev–Trinajstić information content (AvgIpc) is 3.54. The van der Waals surface area contributed by atoms with E-state index in [0.717, 1.165) is 24.2 Å². The first-order chi connectivity index (χ1) is 18.1. The number of hydrogen-bond acceptors (Lipinski definition) is 2. The van der Waals surface area contributed by atoms with Crippen molar-refractivity contribution in [1.82, 2.24) is 0 Å². The van der Waals surface area contributed by atoms with E-state index < -0.39 is 15.8 Å². The van der Waals surface area contributed by atoms with Crippen LogP contribution in [0.4, 0.5) is 0 Å². The predicted molar refractivity (Wildman–Crippen MR) is 166 cm³/mol. The number of ether oxygens (including phenoxy) is 2. The molecule has 0 radical (unpaired) electrons. The van der Waals surface area contributed by atoms with Crippen LogP contribution in [0.25, 0.3) is 33.4 Å². The van der Waals surface area contributed by atoms with Crippen molar-refractivity contribution in [1.29, 1.82) is 0 Å². The van der Waals surface area contributed by atoms with Crippen LogP contribution in [0.15, 0.2) is 84.9 Å². The summed E-state index contributed by atoms with van der Waals surface area (Å²) in [6, 6.07) is 30.6. The molecule has 0 fully saturated rings. The topological polar surface area (TPSA) is 18.5 Å². The highest BCUT2D eigenvalue weighted by atomic mass is 31.1. The minimum atomic E-state index is -0.509. The summed E-state index contributed by atoms with van der Waals surface area (Å²) in [5.74, 6) is 2.16. The Kier molecular flexibility index (Phi) is 6.41. The molecule has 0 bridgehead atoms. The molecule has 0 aliphatic carbocycles. The largest absolute Gasteiger partial charge is 0.488 e. The fourth-order valence-corrected chi connectivity index (χ4v) is 10.3. The van der Waals surface area contributed by atoms with Gasteiger partial charge < -0.3 is 9.47 Å². The lowest BCUT2D eigenvalue weighted by Crippen LogP contribution is -2.22. The zero-order chi connectivity index (χ0) is 26.7. The summed E-state index contributed by atoms with van der Waals surface area (Å²) in [5.41, 5.74) is 7.49. The van der Waals surface area contributed by atoms with Gasteiger partial charge in [0.1, 0.15) is 24.2 Å². The van der Waals surface area contributed by atoms with Crippen molar-refractivity contribution in [3.8, 4) is 44.9 Å². The van der Waals surface area contributed by atoms with Crippen LogP contribution >= 0.6 is 15.8 Å². The number of rotatable bonds is 3. The quantitative estimate of drug-likeness (QED) is 0.242. The van der Waals surface area contributed by atoms with Crippen LogP contribution in [-0.4, -0.2) is 23.0 Å². The Labute approximate surface area is 229 Å². The van der Waals surface area contributed by atoms with Crippen molar-refractivity contribution in [3.05, 3.63) is 84.9 Å². The molecule has 2 aliphatic heterocycles. The summed E-state index contributed by atoms with van der Waals surface area (Å²) in [7, 11) is -1.02. The highest BCUT2D eigenvalue weighted by molar-refractivity contribution is 7.68. The molecule has 0 saturated carbocycles. The van der Waals surface area contributed by atoms with Crippen LogP contribution in [0, 0.1) is 0 Å². The fraction of sp³-hybridized carbons (Fsp3) is 0.294. The van der Waals surface area contributed by atoms with Crippen LogP contribution in [0.1, 0.15) is 41.5 Å². The highest BCUT2D eigenvalue weighted by Crippen LogP contribution is 2.61. The Hall–Kier alpha value is -2.66. The standard InChI is InChI=1S/C34H36O2P2/c1-33(2,3)37-21-35-29-25(23-13-9-7-10-14-23)17-19-27(31(29)37)28-20-18-26(24-15-11-8-12-16-24)30-32(28)38(22-36-30)34(4,5)6/h7-20H,21-22H2,1-6H3/t37-,38+. The highest BCUT2D eigenvalue weighted by Gasteiger charge is 2.41. The zero-order valence-electron chi connectivity index (χ0n) is 23.2. The molecule has 0 N–H and O–H groups in total. The van der Waals surface area contributed by atoms with Crippen molar-refractivity contribution >= 4 is 26.5 Å². The van der Waals surface area contributed by atoms with Gasteiger partial charge in [-0.05, 0) is 60.5 Å². The molecule has 2 heterocycles. The van der Waals surface area contributed by atoms with E-state index in [9.17, 15) is 0 Å². The smallest absolute Gasteiger partial charge is 0.136 e. The molecular formula is C34H36O2P2. The van der Waals surface area contributed by atoms with Gasteiger partial charge in [0.15, 0.2) is 0 Å². The van der Waals surface area contributed by atoms with Gasteiger partial charge >= 0.3 is 0 Å². The van der Waals surface area contributed by atoms with Gasteiger partial charge in [0.05, 0.1) is 0 Å². The molecule has 194 valence electrons. The van der Waals surface area contributed by atoms with Gasteiger partial charge in [-0.1, -0.05) is 114 Å². The van der Waals surface area contributed by atoms with Crippen molar-refractivity contribution in [2.24, 2.45) is 0 Å². The second-order valence-corrected chi connectivity index (χ2v) is 18.0. The molecule has 0 spiro atoms. The van der Waals surface area contributed by atoms with Crippen LogP contribution < -0.4 is 20.1 Å². The number of hydrogen-bond donors (Lipinski definition) is 0. The Morgan fingerprint density at radius 3 is 1.16 bits per heavy atom. The lowest BCUT2D eigenvalue weighted by Gasteiger charge is -2.30. The van der Waals surface area contributed by atoms with Gasteiger partial charge in [-0.15, -0.1) is 0 Å². The van der Waals surface area contributed by atoms with Crippen LogP contribution in [0.3, 0.4) is 0 Å². The Balaban J connectivity index is 1.62. The molecule has 0 saturated heterocycles. The molecule has 2 atom stereocenters. The lowest BCUT2D eigenvalue weighted by atomic mass is 9.96. The van der Waals surface area contributed by atoms with E-state index in [1.807, 2.05) is 0 Å². The number of benzene rings is 4. The summed E-state index contributed by atoms with van der Waals surface area (Å²) in [5, 5.41) is 3.12. The van der Waals surface area contributed by atoms with Gasteiger partial charge in [-0.25, -0.2) is 0 Å². The molecule has 0 amide bonds. The second kappa shape index (κ2) is 9.51. The third kappa shape index (κ3) is 4.37. The van der Waals surface area contributed by atoms with Crippen molar-refractivity contribution in [2.45, 2.75) is 51.9 Å². The van der Waals surface area contributed by atoms with E-state index in [0.29, 0.717) is 0 Å².